The lowest BCUT2D eigenvalue weighted by Crippen LogP contribution is -2.26. The maximum atomic E-state index is 13.0. The second-order valence-corrected chi connectivity index (χ2v) is 5.66. The average molecular weight is 324 g/mol. The van der Waals surface area contributed by atoms with Crippen molar-refractivity contribution in [2.24, 2.45) is 0 Å². The van der Waals surface area contributed by atoms with E-state index in [2.05, 4.69) is 17.9 Å². The van der Waals surface area contributed by atoms with E-state index in [1.54, 1.807) is 24.3 Å². The van der Waals surface area contributed by atoms with Gasteiger partial charge < -0.3 is 5.32 Å². The maximum absolute atomic E-state index is 13.0. The standard InChI is InChI=1S/C16H15ClFNOS/c1-10-8-12(18)3-2-11(10)6-7-19-16(20)14-9-13(21)4-5-15(14)17/h2-5,8-9,21H,6-7H2,1H3,(H,19,20). The maximum Gasteiger partial charge on any atom is 0.252 e. The molecule has 0 aliphatic heterocycles. The number of halogens is 2. The number of hydrogen-bond acceptors (Lipinski definition) is 2. The predicted molar refractivity (Wildman–Crippen MR) is 85.9 cm³/mol. The highest BCUT2D eigenvalue weighted by Crippen LogP contribution is 2.19. The number of nitrogens with one attached hydrogen (secondary N) is 1. The van der Waals surface area contributed by atoms with Gasteiger partial charge in [0.25, 0.3) is 5.91 Å². The van der Waals surface area contributed by atoms with E-state index in [0.29, 0.717) is 28.4 Å². The summed E-state index contributed by atoms with van der Waals surface area (Å²) in [7, 11) is 0. The molecule has 0 spiro atoms. The third-order valence-corrected chi connectivity index (χ3v) is 3.79. The monoisotopic (exact) mass is 323 g/mol. The molecule has 2 rings (SSSR count). The molecule has 110 valence electrons. The van der Waals surface area contributed by atoms with E-state index in [1.807, 2.05) is 6.92 Å². The van der Waals surface area contributed by atoms with Crippen LogP contribution in [-0.4, -0.2) is 12.5 Å². The molecule has 0 atom stereocenters. The number of hydrogen-bond donors (Lipinski definition) is 2. The summed E-state index contributed by atoms with van der Waals surface area (Å²) in [5, 5.41) is 3.20. The van der Waals surface area contributed by atoms with Crippen LogP contribution in [0.15, 0.2) is 41.3 Å². The Labute approximate surface area is 133 Å². The topological polar surface area (TPSA) is 29.1 Å². The van der Waals surface area contributed by atoms with Gasteiger partial charge in [-0.25, -0.2) is 4.39 Å². The van der Waals surface area contributed by atoms with Crippen LogP contribution in [0, 0.1) is 12.7 Å². The number of thiol groups is 1. The van der Waals surface area contributed by atoms with Gasteiger partial charge in [-0.05, 0) is 54.8 Å². The van der Waals surface area contributed by atoms with Crippen LogP contribution in [0.25, 0.3) is 0 Å². The van der Waals surface area contributed by atoms with Crippen LogP contribution in [0.3, 0.4) is 0 Å². The van der Waals surface area contributed by atoms with Crippen molar-refractivity contribution in [3.05, 3.63) is 63.9 Å². The molecule has 0 saturated heterocycles. The first-order chi connectivity index (χ1) is 9.97. The smallest absolute Gasteiger partial charge is 0.252 e. The minimum atomic E-state index is -0.252. The van der Waals surface area contributed by atoms with Crippen LogP contribution >= 0.6 is 24.2 Å². The normalized spacial score (nSPS) is 10.5. The third kappa shape index (κ3) is 4.22. The fourth-order valence-corrected chi connectivity index (χ4v) is 2.44. The van der Waals surface area contributed by atoms with E-state index in [-0.39, 0.29) is 11.7 Å². The summed E-state index contributed by atoms with van der Waals surface area (Å²) in [6.07, 6.45) is 0.635. The largest absolute Gasteiger partial charge is 0.352 e. The zero-order chi connectivity index (χ0) is 15.4. The highest BCUT2D eigenvalue weighted by atomic mass is 35.5. The molecule has 2 aromatic carbocycles. The van der Waals surface area contributed by atoms with Gasteiger partial charge in [0.05, 0.1) is 10.6 Å². The van der Waals surface area contributed by atoms with E-state index in [1.165, 1.54) is 12.1 Å². The molecule has 0 bridgehead atoms. The summed E-state index contributed by atoms with van der Waals surface area (Å²) in [6, 6.07) is 9.64. The number of rotatable bonds is 4. The van der Waals surface area contributed by atoms with Gasteiger partial charge in [0, 0.05) is 11.4 Å². The molecule has 0 saturated carbocycles. The molecular formula is C16H15ClFNOS. The molecule has 1 amide bonds. The minimum Gasteiger partial charge on any atom is -0.352 e. The first-order valence-corrected chi connectivity index (χ1v) is 7.31. The molecule has 1 N–H and O–H groups in total. The van der Waals surface area contributed by atoms with Gasteiger partial charge in [-0.15, -0.1) is 12.6 Å². The van der Waals surface area contributed by atoms with Crippen LogP contribution in [0.4, 0.5) is 4.39 Å². The molecule has 5 heteroatoms. The third-order valence-electron chi connectivity index (χ3n) is 3.18. The van der Waals surface area contributed by atoms with Crippen LogP contribution in [0.2, 0.25) is 5.02 Å². The summed E-state index contributed by atoms with van der Waals surface area (Å²) in [4.78, 5) is 12.7. The van der Waals surface area contributed by atoms with Gasteiger partial charge in [0.1, 0.15) is 5.82 Å². The zero-order valence-corrected chi connectivity index (χ0v) is 13.1. The lowest BCUT2D eigenvalue weighted by Gasteiger charge is -2.09. The molecule has 0 unspecified atom stereocenters. The molecule has 21 heavy (non-hydrogen) atoms. The molecule has 2 aromatic rings. The summed E-state index contributed by atoms with van der Waals surface area (Å²) >= 11 is 10.2. The predicted octanol–water partition coefficient (Wildman–Crippen LogP) is 4.05. The van der Waals surface area contributed by atoms with Crippen molar-refractivity contribution in [2.75, 3.05) is 6.54 Å². The van der Waals surface area contributed by atoms with Gasteiger partial charge in [0.15, 0.2) is 0 Å². The average Bonchev–Trinajstić information content (AvgIpc) is 2.43. The number of carbonyl (C=O) groups excluding carboxylic acids is 1. The molecule has 0 aliphatic rings. The Hall–Kier alpha value is -1.52. The zero-order valence-electron chi connectivity index (χ0n) is 11.5. The van der Waals surface area contributed by atoms with Gasteiger partial charge >= 0.3 is 0 Å². The summed E-state index contributed by atoms with van der Waals surface area (Å²) in [6.45, 7) is 2.31. The Morgan fingerprint density at radius 1 is 1.29 bits per heavy atom. The molecule has 2 nitrogen and oxygen atoms in total. The number of aryl methyl sites for hydroxylation is 1. The van der Waals surface area contributed by atoms with Crippen molar-refractivity contribution in [1.29, 1.82) is 0 Å². The Kier molecular flexibility index (Phi) is 5.26. The Balaban J connectivity index is 1.97. The summed E-state index contributed by atoms with van der Waals surface area (Å²) < 4.78 is 13.0. The van der Waals surface area contributed by atoms with E-state index >= 15 is 0 Å². The highest BCUT2D eigenvalue weighted by Gasteiger charge is 2.10. The van der Waals surface area contributed by atoms with Gasteiger partial charge in [-0.1, -0.05) is 17.7 Å². The van der Waals surface area contributed by atoms with Crippen molar-refractivity contribution < 1.29 is 9.18 Å². The minimum absolute atomic E-state index is 0.240. The number of amides is 1. The van der Waals surface area contributed by atoms with Crippen LogP contribution in [0.1, 0.15) is 21.5 Å². The van der Waals surface area contributed by atoms with Crippen molar-refractivity contribution in [2.45, 2.75) is 18.2 Å². The Morgan fingerprint density at radius 3 is 2.76 bits per heavy atom. The van der Waals surface area contributed by atoms with Crippen LogP contribution < -0.4 is 5.32 Å². The fraction of sp³-hybridized carbons (Fsp3) is 0.188. The summed E-state index contributed by atoms with van der Waals surface area (Å²) in [5.41, 5.74) is 2.28. The Bertz CT molecular complexity index is 675. The van der Waals surface area contributed by atoms with Gasteiger partial charge in [-0.3, -0.25) is 4.79 Å². The second kappa shape index (κ2) is 6.96. The second-order valence-electron chi connectivity index (χ2n) is 4.74. The van der Waals surface area contributed by atoms with Crippen molar-refractivity contribution >= 4 is 30.1 Å². The quantitative estimate of drug-likeness (QED) is 0.817. The van der Waals surface area contributed by atoms with Crippen LogP contribution in [0.5, 0.6) is 0 Å². The fourth-order valence-electron chi connectivity index (χ4n) is 2.03. The van der Waals surface area contributed by atoms with Crippen LogP contribution in [-0.2, 0) is 6.42 Å². The van der Waals surface area contributed by atoms with Gasteiger partial charge in [-0.2, -0.15) is 0 Å². The molecular weight excluding hydrogens is 309 g/mol. The van der Waals surface area contributed by atoms with Crippen molar-refractivity contribution in [1.82, 2.24) is 5.32 Å². The van der Waals surface area contributed by atoms with E-state index in [0.717, 1.165) is 11.1 Å². The first-order valence-electron chi connectivity index (χ1n) is 6.49. The number of carbonyl (C=O) groups is 1. The van der Waals surface area contributed by atoms with E-state index < -0.39 is 0 Å². The summed E-state index contributed by atoms with van der Waals surface area (Å²) in [5.74, 6) is -0.492. The lowest BCUT2D eigenvalue weighted by atomic mass is 10.1. The molecule has 0 heterocycles. The molecule has 0 radical (unpaired) electrons. The van der Waals surface area contributed by atoms with E-state index in [9.17, 15) is 9.18 Å². The molecule has 0 fully saturated rings. The molecule has 0 aromatic heterocycles. The van der Waals surface area contributed by atoms with Crippen molar-refractivity contribution in [3.8, 4) is 0 Å². The first kappa shape index (κ1) is 15.9. The highest BCUT2D eigenvalue weighted by molar-refractivity contribution is 7.80. The number of benzene rings is 2. The lowest BCUT2D eigenvalue weighted by molar-refractivity contribution is 0.0954. The van der Waals surface area contributed by atoms with Crippen molar-refractivity contribution in [3.63, 3.8) is 0 Å². The Morgan fingerprint density at radius 2 is 2.05 bits per heavy atom. The van der Waals surface area contributed by atoms with Gasteiger partial charge in [0.2, 0.25) is 0 Å². The molecule has 0 aliphatic carbocycles. The SMILES string of the molecule is Cc1cc(F)ccc1CCNC(=O)c1cc(S)ccc1Cl. The van der Waals surface area contributed by atoms with E-state index in [4.69, 9.17) is 11.6 Å².